The van der Waals surface area contributed by atoms with E-state index in [9.17, 15) is 4.79 Å². The number of rotatable bonds is 9. The molecular formula is C19H26N2O2. The number of furan rings is 1. The van der Waals surface area contributed by atoms with Crippen LogP contribution in [0.4, 0.5) is 0 Å². The van der Waals surface area contributed by atoms with Crippen molar-refractivity contribution in [2.75, 3.05) is 26.2 Å². The van der Waals surface area contributed by atoms with E-state index in [0.29, 0.717) is 19.4 Å². The molecule has 0 aliphatic rings. The molecule has 4 nitrogen and oxygen atoms in total. The minimum Gasteiger partial charge on any atom is -0.461 e. The summed E-state index contributed by atoms with van der Waals surface area (Å²) in [6.07, 6.45) is 1.09. The van der Waals surface area contributed by atoms with E-state index in [1.165, 1.54) is 0 Å². The number of benzene rings is 1. The third-order valence-corrected chi connectivity index (χ3v) is 3.96. The van der Waals surface area contributed by atoms with Crippen molar-refractivity contribution in [2.24, 2.45) is 0 Å². The standard InChI is InChI=1S/C19H26N2O2/c1-3-21(4-2)15-14-20-19(22)13-11-17-10-12-18(23-17)16-8-6-5-7-9-16/h5-10,12H,3-4,11,13-15H2,1-2H3,(H,20,22). The molecule has 0 bridgehead atoms. The third kappa shape index (κ3) is 5.57. The van der Waals surface area contributed by atoms with Crippen LogP contribution in [-0.4, -0.2) is 37.0 Å². The maximum Gasteiger partial charge on any atom is 0.220 e. The zero-order chi connectivity index (χ0) is 16.5. The summed E-state index contributed by atoms with van der Waals surface area (Å²) in [6, 6.07) is 13.9. The minimum atomic E-state index is 0.0785. The van der Waals surface area contributed by atoms with Gasteiger partial charge >= 0.3 is 0 Å². The van der Waals surface area contributed by atoms with E-state index >= 15 is 0 Å². The van der Waals surface area contributed by atoms with E-state index in [-0.39, 0.29) is 5.91 Å². The predicted molar refractivity (Wildman–Crippen MR) is 93.3 cm³/mol. The molecule has 2 aromatic rings. The molecule has 23 heavy (non-hydrogen) atoms. The molecule has 0 fully saturated rings. The van der Waals surface area contributed by atoms with Gasteiger partial charge in [0.05, 0.1) is 0 Å². The Morgan fingerprint density at radius 2 is 1.83 bits per heavy atom. The lowest BCUT2D eigenvalue weighted by Crippen LogP contribution is -2.34. The first-order chi connectivity index (χ1) is 11.2. The summed E-state index contributed by atoms with van der Waals surface area (Å²) < 4.78 is 5.81. The van der Waals surface area contributed by atoms with E-state index in [1.807, 2.05) is 42.5 Å². The first-order valence-corrected chi connectivity index (χ1v) is 8.36. The molecule has 124 valence electrons. The van der Waals surface area contributed by atoms with Gasteiger partial charge in [-0.05, 0) is 25.2 Å². The highest BCUT2D eigenvalue weighted by molar-refractivity contribution is 5.76. The Kier molecular flexibility index (Phi) is 6.88. The number of hydrogen-bond donors (Lipinski definition) is 1. The molecule has 0 saturated carbocycles. The molecule has 0 aliphatic carbocycles. The van der Waals surface area contributed by atoms with Gasteiger partial charge in [-0.1, -0.05) is 44.2 Å². The smallest absolute Gasteiger partial charge is 0.220 e. The van der Waals surface area contributed by atoms with Gasteiger partial charge in [-0.25, -0.2) is 0 Å². The largest absolute Gasteiger partial charge is 0.461 e. The average Bonchev–Trinajstić information content (AvgIpc) is 3.07. The number of hydrogen-bond acceptors (Lipinski definition) is 3. The fourth-order valence-electron chi connectivity index (χ4n) is 2.49. The highest BCUT2D eigenvalue weighted by Gasteiger charge is 2.07. The number of amides is 1. The van der Waals surface area contributed by atoms with Crippen LogP contribution in [0.2, 0.25) is 0 Å². The van der Waals surface area contributed by atoms with Crippen molar-refractivity contribution in [1.82, 2.24) is 10.2 Å². The van der Waals surface area contributed by atoms with Crippen LogP contribution >= 0.6 is 0 Å². The van der Waals surface area contributed by atoms with Crippen molar-refractivity contribution in [3.8, 4) is 11.3 Å². The van der Waals surface area contributed by atoms with Gasteiger partial charge in [-0.15, -0.1) is 0 Å². The Labute approximate surface area is 138 Å². The number of nitrogens with one attached hydrogen (secondary N) is 1. The summed E-state index contributed by atoms with van der Waals surface area (Å²) in [7, 11) is 0. The molecule has 4 heteroatoms. The molecule has 0 unspecified atom stereocenters. The summed E-state index contributed by atoms with van der Waals surface area (Å²) in [6.45, 7) is 7.90. The Morgan fingerprint density at radius 3 is 2.52 bits per heavy atom. The molecular weight excluding hydrogens is 288 g/mol. The van der Waals surface area contributed by atoms with Crippen molar-refractivity contribution >= 4 is 5.91 Å². The van der Waals surface area contributed by atoms with Crippen molar-refractivity contribution in [1.29, 1.82) is 0 Å². The second-order valence-corrected chi connectivity index (χ2v) is 5.51. The minimum absolute atomic E-state index is 0.0785. The molecule has 1 aromatic carbocycles. The Morgan fingerprint density at radius 1 is 1.09 bits per heavy atom. The lowest BCUT2D eigenvalue weighted by molar-refractivity contribution is -0.121. The van der Waals surface area contributed by atoms with E-state index in [2.05, 4.69) is 24.1 Å². The predicted octanol–water partition coefficient (Wildman–Crippen LogP) is 3.34. The van der Waals surface area contributed by atoms with Crippen molar-refractivity contribution in [3.63, 3.8) is 0 Å². The zero-order valence-corrected chi connectivity index (χ0v) is 14.0. The lowest BCUT2D eigenvalue weighted by atomic mass is 10.2. The van der Waals surface area contributed by atoms with Gasteiger partial charge in [0, 0.05) is 31.5 Å². The van der Waals surface area contributed by atoms with Gasteiger partial charge in [-0.3, -0.25) is 4.79 Å². The van der Waals surface area contributed by atoms with Crippen LogP contribution < -0.4 is 5.32 Å². The van der Waals surface area contributed by atoms with E-state index in [1.54, 1.807) is 0 Å². The molecule has 0 saturated heterocycles. The number of aryl methyl sites for hydroxylation is 1. The fraction of sp³-hybridized carbons (Fsp3) is 0.421. The second kappa shape index (κ2) is 9.16. The zero-order valence-electron chi connectivity index (χ0n) is 14.0. The summed E-state index contributed by atoms with van der Waals surface area (Å²) >= 11 is 0. The monoisotopic (exact) mass is 314 g/mol. The van der Waals surface area contributed by atoms with Crippen LogP contribution in [0, 0.1) is 0 Å². The number of nitrogens with zero attached hydrogens (tertiary/aromatic N) is 1. The van der Waals surface area contributed by atoms with Gasteiger partial charge in [0.25, 0.3) is 0 Å². The summed E-state index contributed by atoms with van der Waals surface area (Å²) in [5.74, 6) is 1.78. The van der Waals surface area contributed by atoms with Gasteiger partial charge in [-0.2, -0.15) is 0 Å². The topological polar surface area (TPSA) is 45.5 Å². The second-order valence-electron chi connectivity index (χ2n) is 5.51. The molecule has 1 amide bonds. The molecule has 2 rings (SSSR count). The number of carbonyl (C=O) groups excluding carboxylic acids is 1. The van der Waals surface area contributed by atoms with Crippen LogP contribution in [0.1, 0.15) is 26.0 Å². The van der Waals surface area contributed by atoms with Gasteiger partial charge < -0.3 is 14.6 Å². The van der Waals surface area contributed by atoms with E-state index < -0.39 is 0 Å². The maximum atomic E-state index is 11.9. The molecule has 0 spiro atoms. The van der Waals surface area contributed by atoms with Crippen LogP contribution in [0.5, 0.6) is 0 Å². The number of carbonyl (C=O) groups is 1. The first kappa shape index (κ1) is 17.3. The van der Waals surface area contributed by atoms with Crippen LogP contribution in [0.25, 0.3) is 11.3 Å². The highest BCUT2D eigenvalue weighted by Crippen LogP contribution is 2.22. The molecule has 1 aromatic heterocycles. The lowest BCUT2D eigenvalue weighted by Gasteiger charge is -2.17. The Hall–Kier alpha value is -2.07. The summed E-state index contributed by atoms with van der Waals surface area (Å²) in [5, 5.41) is 2.97. The molecule has 0 aliphatic heterocycles. The van der Waals surface area contributed by atoms with Gasteiger partial charge in [0.2, 0.25) is 5.91 Å². The molecule has 0 atom stereocenters. The molecule has 0 radical (unpaired) electrons. The summed E-state index contributed by atoms with van der Waals surface area (Å²) in [5.41, 5.74) is 1.06. The molecule has 1 heterocycles. The first-order valence-electron chi connectivity index (χ1n) is 8.36. The van der Waals surface area contributed by atoms with Crippen LogP contribution in [0.3, 0.4) is 0 Å². The van der Waals surface area contributed by atoms with Gasteiger partial charge in [0.15, 0.2) is 0 Å². The van der Waals surface area contributed by atoms with E-state index in [0.717, 1.165) is 36.7 Å². The molecule has 1 N–H and O–H groups in total. The average molecular weight is 314 g/mol. The van der Waals surface area contributed by atoms with Crippen molar-refractivity contribution < 1.29 is 9.21 Å². The van der Waals surface area contributed by atoms with Crippen LogP contribution in [-0.2, 0) is 11.2 Å². The van der Waals surface area contributed by atoms with E-state index in [4.69, 9.17) is 4.42 Å². The van der Waals surface area contributed by atoms with Crippen molar-refractivity contribution in [3.05, 3.63) is 48.2 Å². The maximum absolute atomic E-state index is 11.9. The number of likely N-dealkylation sites (N-methyl/N-ethyl adjacent to an activating group) is 1. The fourth-order valence-corrected chi connectivity index (χ4v) is 2.49. The Balaban J connectivity index is 1.74. The quantitative estimate of drug-likeness (QED) is 0.772. The normalized spacial score (nSPS) is 10.9. The third-order valence-electron chi connectivity index (χ3n) is 3.96. The van der Waals surface area contributed by atoms with Crippen molar-refractivity contribution in [2.45, 2.75) is 26.7 Å². The van der Waals surface area contributed by atoms with Crippen LogP contribution in [0.15, 0.2) is 46.9 Å². The Bertz CT molecular complexity index is 588. The SMILES string of the molecule is CCN(CC)CCNC(=O)CCc1ccc(-c2ccccc2)o1. The highest BCUT2D eigenvalue weighted by atomic mass is 16.3. The van der Waals surface area contributed by atoms with Gasteiger partial charge in [0.1, 0.15) is 11.5 Å². The summed E-state index contributed by atoms with van der Waals surface area (Å²) in [4.78, 5) is 14.2.